The molecule has 9 rings (SSSR count). The smallest absolute Gasteiger partial charge is 0.691 e. The van der Waals surface area contributed by atoms with E-state index in [1.165, 1.54) is 42.8 Å². The van der Waals surface area contributed by atoms with E-state index in [9.17, 15) is 79.4 Å². The minimum absolute atomic E-state index is 0. The number of benzene rings is 4. The standard InChI is InChI=1S/C61H73N11O20S.Na/c1-30-28-72-51(52(30)80)57(85)63-27-39(74)24-41(64-53(81)35-9-11-36(12-10-35)58-68-69-59(89-58)37-13-15-38(16-14-37)70-20-18-34(19-21-70)33-6-4-3-5-7-33)54(82)65-48(31(2)73)60(86)71-29-40(75)25-42(71)55(83)66-49(56(84)67-50(61(72)87)45(78)26-47(62)79)44(77)22-32-8-17-43(76)46(23-32)90-93-92-91-88;/h3-17,23,30-31,34,39-42,44-45,48-52,73-78,80,88H,18-22,24-29H2,1-2H3,(H2,62,79)(H,63,85)(H,64,81)(H,65,82)(H,66,83)(H,67,84);/q;+1/p-1/t30?,31?,39?,40?,41-,42?,44?,45?,48?,49?,50?,51?,52?;/m0./s1. The molecule has 13 atom stereocenters. The quantitative estimate of drug-likeness (QED) is 0.0136. The Morgan fingerprint density at radius 3 is 2.03 bits per heavy atom. The van der Waals surface area contributed by atoms with Crippen molar-refractivity contribution in [1.29, 1.82) is 0 Å². The second kappa shape index (κ2) is 32.5. The molecule has 0 radical (unpaired) electrons. The number of aromatic nitrogens is 2. The van der Waals surface area contributed by atoms with Crippen molar-refractivity contribution in [1.82, 2.24) is 46.6 Å². The van der Waals surface area contributed by atoms with Crippen molar-refractivity contribution in [2.75, 3.05) is 37.6 Å². The van der Waals surface area contributed by atoms with Crippen molar-refractivity contribution in [3.05, 3.63) is 114 Å². The number of phenols is 1. The number of rotatable bonds is 17. The van der Waals surface area contributed by atoms with Crippen LogP contribution in [0.1, 0.15) is 73.4 Å². The summed E-state index contributed by atoms with van der Waals surface area (Å²) in [5, 5.41) is 113. The normalized spacial score (nSPS) is 25.4. The van der Waals surface area contributed by atoms with Gasteiger partial charge in [0.25, 0.3) is 18.2 Å². The van der Waals surface area contributed by atoms with E-state index >= 15 is 0 Å². The minimum Gasteiger partial charge on any atom is -0.691 e. The van der Waals surface area contributed by atoms with Gasteiger partial charge in [-0.1, -0.05) is 43.3 Å². The molecule has 14 N–H and O–H groups in total. The number of carbonyl (C=O) groups is 8. The summed E-state index contributed by atoms with van der Waals surface area (Å²) in [6.45, 7) is 2.62. The Morgan fingerprint density at radius 1 is 0.766 bits per heavy atom. The Hall–Kier alpha value is -7.83. The molecule has 0 bridgehead atoms. The van der Waals surface area contributed by atoms with Gasteiger partial charge in [0.2, 0.25) is 53.1 Å². The van der Waals surface area contributed by atoms with Crippen LogP contribution in [0.25, 0.3) is 22.9 Å². The van der Waals surface area contributed by atoms with Gasteiger partial charge < -0.3 is 96.6 Å². The maximum atomic E-state index is 14.7. The number of aromatic hydroxyl groups is 1. The molecule has 0 spiro atoms. The first kappa shape index (κ1) is 72.0. The molecule has 4 aliphatic heterocycles. The fourth-order valence-electron chi connectivity index (χ4n) is 11.9. The number of hydrogen-bond acceptors (Lipinski definition) is 24. The van der Waals surface area contributed by atoms with Crippen LogP contribution < -0.4 is 76.2 Å². The van der Waals surface area contributed by atoms with Gasteiger partial charge in [0.15, 0.2) is 11.5 Å². The zero-order valence-electron chi connectivity index (χ0n) is 51.3. The molecular formula is C61H72N11NaO20S. The van der Waals surface area contributed by atoms with Crippen molar-refractivity contribution in [3.8, 4) is 34.4 Å². The predicted octanol–water partition coefficient (Wildman–Crippen LogP) is -5.51. The summed E-state index contributed by atoms with van der Waals surface area (Å²) in [4.78, 5) is 118. The molecule has 12 unspecified atom stereocenters. The number of aliphatic hydroxyl groups excluding tert-OH is 6. The number of piperidine rings is 1. The molecule has 0 saturated carbocycles. The van der Waals surface area contributed by atoms with Gasteiger partial charge in [-0.3, -0.25) is 43.4 Å². The number of aliphatic hydroxyl groups is 6. The third-order valence-corrected chi connectivity index (χ3v) is 17.2. The van der Waals surface area contributed by atoms with Crippen molar-refractivity contribution in [3.63, 3.8) is 0 Å². The first-order valence-corrected chi connectivity index (χ1v) is 30.6. The average molecular weight is 1330 g/mol. The number of nitrogens with two attached hydrogens (primary N) is 1. The second-order valence-corrected chi connectivity index (χ2v) is 23.9. The first-order chi connectivity index (χ1) is 44.5. The van der Waals surface area contributed by atoms with Gasteiger partial charge in [-0.25, -0.2) is 0 Å². The number of carbonyl (C=O) groups excluding carboxylic acids is 8. The molecule has 4 aliphatic rings. The van der Waals surface area contributed by atoms with E-state index in [1.54, 1.807) is 0 Å². The zero-order chi connectivity index (χ0) is 66.8. The fourth-order valence-corrected chi connectivity index (χ4v) is 12.1. The Balaban J connectivity index is 0.0000113. The number of primary amides is 1. The van der Waals surface area contributed by atoms with Gasteiger partial charge in [-0.2, -0.15) is 0 Å². The summed E-state index contributed by atoms with van der Waals surface area (Å²) >= 11 is -0.00690. The van der Waals surface area contributed by atoms with Crippen LogP contribution in [0.2, 0.25) is 0 Å². The van der Waals surface area contributed by atoms with Crippen LogP contribution in [0.5, 0.6) is 11.5 Å². The summed E-state index contributed by atoms with van der Waals surface area (Å²) in [6.07, 6.45) is -11.7. The summed E-state index contributed by atoms with van der Waals surface area (Å²) in [6, 6.07) is 15.7. The molecule has 4 saturated heterocycles. The Bertz CT molecular complexity index is 3480. The van der Waals surface area contributed by atoms with Gasteiger partial charge >= 0.3 is 29.6 Å². The molecule has 94 heavy (non-hydrogen) atoms. The van der Waals surface area contributed by atoms with E-state index in [1.807, 2.05) is 30.3 Å². The van der Waals surface area contributed by atoms with Crippen molar-refractivity contribution < 1.29 is 127 Å². The van der Waals surface area contributed by atoms with E-state index in [2.05, 4.69) is 75.3 Å². The summed E-state index contributed by atoms with van der Waals surface area (Å²) < 4.78 is 15.2. The Kier molecular flexibility index (Phi) is 24.9. The third kappa shape index (κ3) is 17.5. The first-order valence-electron chi connectivity index (χ1n) is 29.9. The number of nitrogens with zero attached hydrogens (tertiary/aromatic N) is 5. The number of fused-ring (bicyclic) bond motifs is 2. The zero-order valence-corrected chi connectivity index (χ0v) is 54.1. The third-order valence-electron chi connectivity index (χ3n) is 16.9. The van der Waals surface area contributed by atoms with E-state index in [0.717, 1.165) is 60.5 Å². The number of phenolic OH excluding ortho intramolecular Hbond substituents is 1. The largest absolute Gasteiger partial charge is 1.00 e. The maximum absolute atomic E-state index is 14.7. The molecule has 31 nitrogen and oxygen atoms in total. The molecule has 498 valence electrons. The molecule has 5 heterocycles. The van der Waals surface area contributed by atoms with Crippen molar-refractivity contribution >= 4 is 65.3 Å². The van der Waals surface area contributed by atoms with Crippen LogP contribution >= 0.6 is 12.3 Å². The average Bonchev–Trinajstić information content (AvgIpc) is 1.62. The van der Waals surface area contributed by atoms with Crippen LogP contribution in [-0.2, 0) is 49.4 Å². The molecule has 33 heteroatoms. The molecule has 8 amide bonds. The van der Waals surface area contributed by atoms with Gasteiger partial charge in [-0.05, 0) is 97.5 Å². The molecule has 4 aromatic carbocycles. The molecule has 5 aromatic rings. The van der Waals surface area contributed by atoms with Gasteiger partial charge in [0, 0.05) is 80.3 Å². The van der Waals surface area contributed by atoms with Crippen LogP contribution in [0.15, 0.2) is 101 Å². The van der Waals surface area contributed by atoms with Crippen LogP contribution in [0.4, 0.5) is 5.69 Å². The Morgan fingerprint density at radius 2 is 1.39 bits per heavy atom. The van der Waals surface area contributed by atoms with Crippen molar-refractivity contribution in [2.24, 2.45) is 11.7 Å². The van der Waals surface area contributed by atoms with Crippen LogP contribution in [0, 0.1) is 5.92 Å². The number of β-amino-alcohol motifs (C(OH)–C–C–N with tert-alkyl or cyclic N) is 1. The summed E-state index contributed by atoms with van der Waals surface area (Å²) in [7, 11) is 0. The number of nitrogens with one attached hydrogen (secondary N) is 5. The minimum atomic E-state index is -2.23. The number of amides is 8. The van der Waals surface area contributed by atoms with E-state index in [0.29, 0.717) is 17.0 Å². The van der Waals surface area contributed by atoms with E-state index < -0.39 is 177 Å². The fraction of sp³-hybridized carbons (Fsp3) is 0.443. The van der Waals surface area contributed by atoms with E-state index in [4.69, 9.17) is 14.3 Å². The predicted molar refractivity (Wildman–Crippen MR) is 323 cm³/mol. The number of hydrogen-bond donors (Lipinski definition) is 13. The Labute approximate surface area is 564 Å². The second-order valence-electron chi connectivity index (χ2n) is 23.5. The number of anilines is 1. The molecule has 0 aliphatic carbocycles. The van der Waals surface area contributed by atoms with Crippen LogP contribution in [-0.4, -0.2) is 209 Å². The van der Waals surface area contributed by atoms with Gasteiger partial charge in [0.1, 0.15) is 36.3 Å². The summed E-state index contributed by atoms with van der Waals surface area (Å²) in [5.41, 5.74) is 8.92. The van der Waals surface area contributed by atoms with E-state index in [-0.39, 0.29) is 70.5 Å². The maximum Gasteiger partial charge on any atom is 1.00 e. The monoisotopic (exact) mass is 1330 g/mol. The molecular weight excluding hydrogens is 1260 g/mol. The SMILES string of the molecule is CC(O)C1NC(=O)[C@@H](NC(=O)c2ccc(-c3nnc(-c4ccc(N5CCC(c6ccccc6)CC5)cc4)o3)cc2)CC(O)CNC(=O)C2C(O)C(C)CN2C(=O)C(C(O)CC(N)=O)NC(=O)C(C(O)Cc2ccc(O)c(OSOO[O-])c2)NC(=O)C2CC(O)CN2C1=O.[Na+]. The molecule has 4 fully saturated rings. The molecule has 1 aromatic heterocycles. The van der Waals surface area contributed by atoms with Gasteiger partial charge in [-0.15, -0.1) is 14.5 Å². The van der Waals surface area contributed by atoms with Crippen LogP contribution in [0.3, 0.4) is 0 Å². The summed E-state index contributed by atoms with van der Waals surface area (Å²) in [5.74, 6) is -10.4. The van der Waals surface area contributed by atoms with Crippen molar-refractivity contribution in [2.45, 2.75) is 131 Å². The topological polar surface area (TPSA) is 464 Å². The van der Waals surface area contributed by atoms with Gasteiger partial charge in [0.05, 0.1) is 43.0 Å².